The van der Waals surface area contributed by atoms with Crippen LogP contribution in [0.4, 0.5) is 0 Å². The second-order valence-electron chi connectivity index (χ2n) is 3.81. The van der Waals surface area contributed by atoms with Gasteiger partial charge in [0.15, 0.2) is 0 Å². The second kappa shape index (κ2) is 7.39. The van der Waals surface area contributed by atoms with Crippen LogP contribution in [0.1, 0.15) is 30.1 Å². The zero-order chi connectivity index (χ0) is 12.8. The minimum atomic E-state index is -0.0818. The maximum atomic E-state index is 11.8. The normalized spacial score (nSPS) is 12.2. The Balaban J connectivity index is 2.44. The average Bonchev–Trinajstić information content (AvgIpc) is 2.27. The molecule has 1 unspecified atom stereocenters. The Bertz CT molecular complexity index is 396. The molecular weight excluding hydrogens is 369 g/mol. The molecule has 0 saturated heterocycles. The Labute approximate surface area is 123 Å². The van der Waals surface area contributed by atoms with Gasteiger partial charge in [-0.2, -0.15) is 0 Å². The van der Waals surface area contributed by atoms with Gasteiger partial charge in [0.25, 0.3) is 5.91 Å². The van der Waals surface area contributed by atoms with Gasteiger partial charge in [0.05, 0.1) is 5.02 Å². The van der Waals surface area contributed by atoms with Gasteiger partial charge in [0.1, 0.15) is 0 Å². The van der Waals surface area contributed by atoms with Crippen molar-refractivity contribution < 1.29 is 4.79 Å². The van der Waals surface area contributed by atoms with E-state index in [0.29, 0.717) is 22.0 Å². The SMILES string of the molecule is CC(Br)CCCNC(=O)c1ccc(Br)c(Cl)c1. The van der Waals surface area contributed by atoms with Crippen molar-refractivity contribution in [1.29, 1.82) is 0 Å². The van der Waals surface area contributed by atoms with E-state index in [9.17, 15) is 4.79 Å². The van der Waals surface area contributed by atoms with Gasteiger partial charge in [-0.3, -0.25) is 4.79 Å². The zero-order valence-corrected chi connectivity index (χ0v) is 13.4. The molecule has 0 spiro atoms. The Hall–Kier alpha value is -0.0600. The van der Waals surface area contributed by atoms with Crippen LogP contribution in [-0.2, 0) is 0 Å². The van der Waals surface area contributed by atoms with Crippen molar-refractivity contribution in [2.45, 2.75) is 24.6 Å². The fraction of sp³-hybridized carbons (Fsp3) is 0.417. The van der Waals surface area contributed by atoms with Gasteiger partial charge in [-0.05, 0) is 47.0 Å². The van der Waals surface area contributed by atoms with Crippen LogP contribution in [0.3, 0.4) is 0 Å². The van der Waals surface area contributed by atoms with Gasteiger partial charge in [0, 0.05) is 21.4 Å². The monoisotopic (exact) mass is 381 g/mol. The lowest BCUT2D eigenvalue weighted by molar-refractivity contribution is 0.0953. The topological polar surface area (TPSA) is 29.1 Å². The van der Waals surface area contributed by atoms with Crippen LogP contribution < -0.4 is 5.32 Å². The quantitative estimate of drug-likeness (QED) is 0.593. The molecule has 1 rings (SSSR count). The minimum absolute atomic E-state index is 0.0818. The van der Waals surface area contributed by atoms with Gasteiger partial charge in [-0.1, -0.05) is 34.5 Å². The number of alkyl halides is 1. The van der Waals surface area contributed by atoms with E-state index in [1.165, 1.54) is 0 Å². The number of amides is 1. The molecule has 17 heavy (non-hydrogen) atoms. The Morgan fingerprint density at radius 1 is 1.53 bits per heavy atom. The van der Waals surface area contributed by atoms with Crippen LogP contribution in [0.5, 0.6) is 0 Å². The highest BCUT2D eigenvalue weighted by Crippen LogP contribution is 2.23. The molecule has 0 saturated carbocycles. The Kier molecular flexibility index (Phi) is 6.52. The number of hydrogen-bond donors (Lipinski definition) is 1. The van der Waals surface area contributed by atoms with Crippen molar-refractivity contribution in [3.8, 4) is 0 Å². The van der Waals surface area contributed by atoms with Crippen molar-refractivity contribution in [2.24, 2.45) is 0 Å². The maximum absolute atomic E-state index is 11.8. The molecule has 0 radical (unpaired) electrons. The number of carbonyl (C=O) groups is 1. The Morgan fingerprint density at radius 2 is 2.24 bits per heavy atom. The third-order valence-corrected chi connectivity index (χ3v) is 3.94. The van der Waals surface area contributed by atoms with E-state index in [2.05, 4.69) is 44.1 Å². The first-order valence-electron chi connectivity index (χ1n) is 5.38. The van der Waals surface area contributed by atoms with Crippen molar-refractivity contribution in [3.63, 3.8) is 0 Å². The molecule has 1 atom stereocenters. The Morgan fingerprint density at radius 3 is 2.82 bits per heavy atom. The largest absolute Gasteiger partial charge is 0.352 e. The van der Waals surface area contributed by atoms with E-state index in [0.717, 1.165) is 17.3 Å². The molecule has 5 heteroatoms. The zero-order valence-electron chi connectivity index (χ0n) is 9.47. The second-order valence-corrected chi connectivity index (χ2v) is 6.63. The van der Waals surface area contributed by atoms with Gasteiger partial charge >= 0.3 is 0 Å². The number of rotatable bonds is 5. The lowest BCUT2D eigenvalue weighted by Gasteiger charge is -2.07. The highest BCUT2D eigenvalue weighted by atomic mass is 79.9. The van der Waals surface area contributed by atoms with E-state index in [-0.39, 0.29) is 5.91 Å². The van der Waals surface area contributed by atoms with Gasteiger partial charge in [0.2, 0.25) is 0 Å². The van der Waals surface area contributed by atoms with Gasteiger partial charge < -0.3 is 5.32 Å². The highest BCUT2D eigenvalue weighted by molar-refractivity contribution is 9.10. The number of nitrogens with one attached hydrogen (secondary N) is 1. The summed E-state index contributed by atoms with van der Waals surface area (Å²) < 4.78 is 0.795. The molecule has 1 N–H and O–H groups in total. The predicted octanol–water partition coefficient (Wildman–Crippen LogP) is 4.40. The van der Waals surface area contributed by atoms with Crippen molar-refractivity contribution in [1.82, 2.24) is 5.32 Å². The van der Waals surface area contributed by atoms with Crippen LogP contribution in [-0.4, -0.2) is 17.3 Å². The molecule has 0 fully saturated rings. The van der Waals surface area contributed by atoms with Crippen LogP contribution in [0.25, 0.3) is 0 Å². The van der Waals surface area contributed by atoms with E-state index in [1.807, 2.05) is 0 Å². The lowest BCUT2D eigenvalue weighted by atomic mass is 10.2. The number of hydrogen-bond acceptors (Lipinski definition) is 1. The van der Waals surface area contributed by atoms with E-state index in [4.69, 9.17) is 11.6 Å². The maximum Gasteiger partial charge on any atom is 0.251 e. The highest BCUT2D eigenvalue weighted by Gasteiger charge is 2.07. The summed E-state index contributed by atoms with van der Waals surface area (Å²) in [5.74, 6) is -0.0818. The van der Waals surface area contributed by atoms with Crippen LogP contribution in [0, 0.1) is 0 Å². The lowest BCUT2D eigenvalue weighted by Crippen LogP contribution is -2.24. The van der Waals surface area contributed by atoms with Crippen LogP contribution in [0.2, 0.25) is 5.02 Å². The molecule has 0 aliphatic heterocycles. The molecule has 0 heterocycles. The summed E-state index contributed by atoms with van der Waals surface area (Å²) in [6.07, 6.45) is 2.00. The molecule has 0 aliphatic carbocycles. The van der Waals surface area contributed by atoms with Gasteiger partial charge in [-0.15, -0.1) is 0 Å². The summed E-state index contributed by atoms with van der Waals surface area (Å²) in [6.45, 7) is 2.78. The summed E-state index contributed by atoms with van der Waals surface area (Å²) in [6, 6.07) is 5.18. The molecule has 0 aliphatic rings. The molecule has 1 aromatic carbocycles. The first kappa shape index (κ1) is 15.0. The average molecular weight is 384 g/mol. The smallest absolute Gasteiger partial charge is 0.251 e. The minimum Gasteiger partial charge on any atom is -0.352 e. The first-order chi connectivity index (χ1) is 8.00. The fourth-order valence-corrected chi connectivity index (χ4v) is 2.08. The van der Waals surface area contributed by atoms with E-state index < -0.39 is 0 Å². The van der Waals surface area contributed by atoms with Crippen molar-refractivity contribution >= 4 is 49.4 Å². The molecular formula is C12H14Br2ClNO. The molecule has 1 aromatic rings. The van der Waals surface area contributed by atoms with Crippen LogP contribution >= 0.6 is 43.5 Å². The molecule has 1 amide bonds. The van der Waals surface area contributed by atoms with E-state index in [1.54, 1.807) is 18.2 Å². The summed E-state index contributed by atoms with van der Waals surface area (Å²) in [7, 11) is 0. The van der Waals surface area contributed by atoms with Crippen LogP contribution in [0.15, 0.2) is 22.7 Å². The molecule has 94 valence electrons. The number of carbonyl (C=O) groups excluding carboxylic acids is 1. The van der Waals surface area contributed by atoms with Crippen molar-refractivity contribution in [2.75, 3.05) is 6.54 Å². The fourth-order valence-electron chi connectivity index (χ4n) is 1.32. The predicted molar refractivity (Wildman–Crippen MR) is 79.1 cm³/mol. The summed E-state index contributed by atoms with van der Waals surface area (Å²) >= 11 is 12.7. The van der Waals surface area contributed by atoms with Crippen molar-refractivity contribution in [3.05, 3.63) is 33.3 Å². The summed E-state index contributed by atoms with van der Waals surface area (Å²) in [5.41, 5.74) is 0.588. The molecule has 0 aromatic heterocycles. The van der Waals surface area contributed by atoms with E-state index >= 15 is 0 Å². The third-order valence-electron chi connectivity index (χ3n) is 2.25. The molecule has 0 bridgehead atoms. The molecule has 2 nitrogen and oxygen atoms in total. The first-order valence-corrected chi connectivity index (χ1v) is 7.46. The summed E-state index contributed by atoms with van der Waals surface area (Å²) in [5, 5.41) is 3.42. The summed E-state index contributed by atoms with van der Waals surface area (Å²) in [4.78, 5) is 12.2. The number of halogens is 3. The third kappa shape index (κ3) is 5.40. The number of benzene rings is 1. The standard InChI is InChI=1S/C12H14Br2ClNO/c1-8(13)3-2-6-16-12(17)9-4-5-10(14)11(15)7-9/h4-5,7-8H,2-3,6H2,1H3,(H,16,17). The van der Waals surface area contributed by atoms with Gasteiger partial charge in [-0.25, -0.2) is 0 Å².